The van der Waals surface area contributed by atoms with Crippen LogP contribution in [-0.2, 0) is 11.2 Å². The Hall–Kier alpha value is -3.48. The summed E-state index contributed by atoms with van der Waals surface area (Å²) in [5.41, 5.74) is 2.66. The molecule has 3 aromatic rings. The van der Waals surface area contributed by atoms with Crippen molar-refractivity contribution in [1.29, 1.82) is 0 Å². The number of H-pyrrole nitrogens is 1. The third-order valence-corrected chi connectivity index (χ3v) is 5.88. The highest BCUT2D eigenvalue weighted by atomic mass is 16.2. The summed E-state index contributed by atoms with van der Waals surface area (Å²) in [4.78, 5) is 31.8. The quantitative estimate of drug-likeness (QED) is 0.645. The first-order valence-corrected chi connectivity index (χ1v) is 10.7. The molecule has 1 aliphatic heterocycles. The van der Waals surface area contributed by atoms with Gasteiger partial charge in [-0.2, -0.15) is 5.10 Å². The first-order valence-electron chi connectivity index (χ1n) is 10.7. The summed E-state index contributed by atoms with van der Waals surface area (Å²) < 4.78 is 0. The maximum atomic E-state index is 13.2. The molecule has 31 heavy (non-hydrogen) atoms. The third kappa shape index (κ3) is 4.50. The van der Waals surface area contributed by atoms with Crippen LogP contribution in [0, 0.1) is 5.41 Å². The van der Waals surface area contributed by atoms with E-state index in [9.17, 15) is 9.59 Å². The number of nitrogens with zero attached hydrogens (tertiary/aromatic N) is 3. The van der Waals surface area contributed by atoms with E-state index in [1.54, 1.807) is 4.90 Å². The number of piperidine rings is 1. The zero-order valence-electron chi connectivity index (χ0n) is 17.7. The van der Waals surface area contributed by atoms with E-state index >= 15 is 0 Å². The lowest BCUT2D eigenvalue weighted by molar-refractivity contribution is -0.133. The van der Waals surface area contributed by atoms with Crippen LogP contribution in [0.1, 0.15) is 35.9 Å². The van der Waals surface area contributed by atoms with Crippen molar-refractivity contribution in [3.63, 3.8) is 0 Å². The Balaban J connectivity index is 1.62. The Morgan fingerprint density at radius 3 is 2.68 bits per heavy atom. The topological polar surface area (TPSA) is 91.0 Å². The Kier molecular flexibility index (Phi) is 6.11. The fourth-order valence-corrected chi connectivity index (χ4v) is 4.40. The van der Waals surface area contributed by atoms with Gasteiger partial charge in [0, 0.05) is 19.6 Å². The summed E-state index contributed by atoms with van der Waals surface area (Å²) in [6, 6.07) is 18.5. The van der Waals surface area contributed by atoms with Gasteiger partial charge in [-0.15, -0.1) is 0 Å². The standard InChI is InChI=1S/C24H27N5O2/c1-2-25-23(31)24(12-7-13-29(16-24)22(30)21-26-17-27-28-21)15-18-8-6-11-20(14-18)19-9-4-3-5-10-19/h3-6,8-11,14,17H,2,7,12-13,15-16H2,1H3,(H,25,31)(H,26,27,28)/t24-/m1/s1. The molecule has 7 nitrogen and oxygen atoms in total. The molecule has 2 heterocycles. The van der Waals surface area contributed by atoms with E-state index in [-0.39, 0.29) is 17.6 Å². The van der Waals surface area contributed by atoms with E-state index in [0.717, 1.165) is 29.5 Å². The predicted molar refractivity (Wildman–Crippen MR) is 118 cm³/mol. The number of rotatable bonds is 6. The molecular weight excluding hydrogens is 390 g/mol. The van der Waals surface area contributed by atoms with Crippen LogP contribution in [0.15, 0.2) is 60.9 Å². The fourth-order valence-electron chi connectivity index (χ4n) is 4.40. The monoisotopic (exact) mass is 417 g/mol. The van der Waals surface area contributed by atoms with Gasteiger partial charge in [-0.25, -0.2) is 4.98 Å². The smallest absolute Gasteiger partial charge is 0.291 e. The molecule has 0 saturated carbocycles. The van der Waals surface area contributed by atoms with Crippen LogP contribution in [0.3, 0.4) is 0 Å². The molecule has 1 atom stereocenters. The van der Waals surface area contributed by atoms with Crippen molar-refractivity contribution in [3.05, 3.63) is 72.3 Å². The molecule has 7 heteroatoms. The van der Waals surface area contributed by atoms with Gasteiger partial charge in [0.2, 0.25) is 11.7 Å². The molecule has 0 spiro atoms. The Bertz CT molecular complexity index is 1040. The Morgan fingerprint density at radius 2 is 1.94 bits per heavy atom. The lowest BCUT2D eigenvalue weighted by atomic mass is 9.74. The third-order valence-electron chi connectivity index (χ3n) is 5.88. The summed E-state index contributed by atoms with van der Waals surface area (Å²) in [6.45, 7) is 3.43. The van der Waals surface area contributed by atoms with Crippen molar-refractivity contribution in [2.45, 2.75) is 26.2 Å². The normalized spacial score (nSPS) is 18.5. The molecular formula is C24H27N5O2. The maximum absolute atomic E-state index is 13.2. The van der Waals surface area contributed by atoms with Crippen molar-refractivity contribution < 1.29 is 9.59 Å². The van der Waals surface area contributed by atoms with Gasteiger partial charge in [0.15, 0.2) is 0 Å². The number of hydrogen-bond acceptors (Lipinski definition) is 4. The van der Waals surface area contributed by atoms with Crippen LogP contribution in [-0.4, -0.2) is 51.5 Å². The van der Waals surface area contributed by atoms with Gasteiger partial charge in [0.25, 0.3) is 5.91 Å². The minimum absolute atomic E-state index is 0.00446. The largest absolute Gasteiger partial charge is 0.356 e. The summed E-state index contributed by atoms with van der Waals surface area (Å²) in [5, 5.41) is 9.42. The van der Waals surface area contributed by atoms with Crippen LogP contribution in [0.25, 0.3) is 11.1 Å². The van der Waals surface area contributed by atoms with E-state index < -0.39 is 5.41 Å². The number of aromatic amines is 1. The van der Waals surface area contributed by atoms with Crippen molar-refractivity contribution in [2.75, 3.05) is 19.6 Å². The minimum atomic E-state index is -0.681. The lowest BCUT2D eigenvalue weighted by Crippen LogP contribution is -2.54. The molecule has 160 valence electrons. The van der Waals surface area contributed by atoms with Gasteiger partial charge < -0.3 is 10.2 Å². The second kappa shape index (κ2) is 9.12. The molecule has 4 rings (SSSR count). The fraction of sp³-hybridized carbons (Fsp3) is 0.333. The van der Waals surface area contributed by atoms with E-state index in [4.69, 9.17) is 0 Å². The number of likely N-dealkylation sites (tertiary alicyclic amines) is 1. The zero-order chi connectivity index (χ0) is 21.7. The van der Waals surface area contributed by atoms with E-state index in [0.29, 0.717) is 26.1 Å². The molecule has 1 aliphatic rings. The predicted octanol–water partition coefficient (Wildman–Crippen LogP) is 3.07. The van der Waals surface area contributed by atoms with Crippen LogP contribution in [0.5, 0.6) is 0 Å². The van der Waals surface area contributed by atoms with Gasteiger partial charge in [0.1, 0.15) is 6.33 Å². The molecule has 1 saturated heterocycles. The van der Waals surface area contributed by atoms with E-state index in [2.05, 4.69) is 50.8 Å². The van der Waals surface area contributed by atoms with Crippen molar-refractivity contribution >= 4 is 11.8 Å². The summed E-state index contributed by atoms with van der Waals surface area (Å²) in [5.74, 6) is -0.0168. The number of hydrogen-bond donors (Lipinski definition) is 2. The first-order chi connectivity index (χ1) is 15.1. The SMILES string of the molecule is CCNC(=O)[C@@]1(Cc2cccc(-c3ccccc3)c2)CCCN(C(=O)c2ncn[nH]2)C1. The maximum Gasteiger partial charge on any atom is 0.291 e. The molecule has 0 bridgehead atoms. The number of carbonyl (C=O) groups excluding carboxylic acids is 2. The minimum Gasteiger partial charge on any atom is -0.356 e. The number of carbonyl (C=O) groups is 2. The van der Waals surface area contributed by atoms with Gasteiger partial charge in [-0.05, 0) is 42.9 Å². The Labute approximate surface area is 181 Å². The molecule has 0 radical (unpaired) electrons. The van der Waals surface area contributed by atoms with Crippen molar-refractivity contribution in [1.82, 2.24) is 25.4 Å². The van der Waals surface area contributed by atoms with Gasteiger partial charge in [-0.3, -0.25) is 14.7 Å². The van der Waals surface area contributed by atoms with Gasteiger partial charge >= 0.3 is 0 Å². The van der Waals surface area contributed by atoms with Crippen LogP contribution in [0.4, 0.5) is 0 Å². The molecule has 1 aromatic heterocycles. The molecule has 0 aliphatic carbocycles. The van der Waals surface area contributed by atoms with Crippen LogP contribution in [0.2, 0.25) is 0 Å². The Morgan fingerprint density at radius 1 is 1.13 bits per heavy atom. The van der Waals surface area contributed by atoms with Crippen LogP contribution < -0.4 is 5.32 Å². The molecule has 2 N–H and O–H groups in total. The van der Waals surface area contributed by atoms with Gasteiger partial charge in [-0.1, -0.05) is 54.6 Å². The summed E-state index contributed by atoms with van der Waals surface area (Å²) in [7, 11) is 0. The number of aromatic nitrogens is 3. The van der Waals surface area contributed by atoms with E-state index in [1.165, 1.54) is 6.33 Å². The van der Waals surface area contributed by atoms with Gasteiger partial charge in [0.05, 0.1) is 5.41 Å². The van der Waals surface area contributed by atoms with Crippen molar-refractivity contribution in [3.8, 4) is 11.1 Å². The summed E-state index contributed by atoms with van der Waals surface area (Å²) in [6.07, 6.45) is 3.38. The average molecular weight is 418 g/mol. The highest BCUT2D eigenvalue weighted by molar-refractivity contribution is 5.91. The average Bonchev–Trinajstić information content (AvgIpc) is 3.35. The number of amides is 2. The molecule has 1 fully saturated rings. The van der Waals surface area contributed by atoms with Crippen LogP contribution >= 0.6 is 0 Å². The lowest BCUT2D eigenvalue weighted by Gasteiger charge is -2.41. The van der Waals surface area contributed by atoms with Crippen molar-refractivity contribution in [2.24, 2.45) is 5.41 Å². The first kappa shape index (κ1) is 20.8. The zero-order valence-corrected chi connectivity index (χ0v) is 17.7. The molecule has 2 amide bonds. The highest BCUT2D eigenvalue weighted by Crippen LogP contribution is 2.35. The second-order valence-corrected chi connectivity index (χ2v) is 8.05. The molecule has 2 aromatic carbocycles. The van der Waals surface area contributed by atoms with E-state index in [1.807, 2.05) is 31.2 Å². The number of nitrogens with one attached hydrogen (secondary N) is 2. The summed E-state index contributed by atoms with van der Waals surface area (Å²) >= 11 is 0. The molecule has 0 unspecified atom stereocenters. The second-order valence-electron chi connectivity index (χ2n) is 8.05. The number of benzene rings is 2. The highest BCUT2D eigenvalue weighted by Gasteiger charge is 2.43.